The molecule has 3 aromatic rings. The van der Waals surface area contributed by atoms with E-state index in [4.69, 9.17) is 0 Å². The number of imidazole rings is 1. The maximum Gasteiger partial charge on any atom is 0.262 e. The number of nitrogens with one attached hydrogen (secondary N) is 1. The zero-order chi connectivity index (χ0) is 18.9. The normalized spacial score (nSPS) is 16.5. The van der Waals surface area contributed by atoms with Crippen molar-refractivity contribution in [3.05, 3.63) is 42.2 Å². The molecule has 0 amide bonds. The van der Waals surface area contributed by atoms with Crippen molar-refractivity contribution in [1.82, 2.24) is 28.8 Å². The third kappa shape index (κ3) is 3.84. The summed E-state index contributed by atoms with van der Waals surface area (Å²) >= 11 is 1.49. The molecule has 27 heavy (non-hydrogen) atoms. The van der Waals surface area contributed by atoms with Gasteiger partial charge in [-0.2, -0.15) is 4.31 Å². The third-order valence-electron chi connectivity index (χ3n) is 4.48. The first-order valence-electron chi connectivity index (χ1n) is 8.49. The van der Waals surface area contributed by atoms with Crippen LogP contribution < -0.4 is 5.32 Å². The molecule has 4 heterocycles. The number of anilines is 2. The fourth-order valence-corrected chi connectivity index (χ4v) is 5.05. The standard InChI is InChI=1S/C16H19N7O2S2/c1-22-10-15(19-11-22)27(24,25)23-5-2-12(3-6-23)13-8-17-9-14(20-13)21-16-18-4-7-26-16/h4,7-12H,2-3,5-6H2,1H3,(H,18,20,21). The molecule has 0 aromatic carbocycles. The molecule has 0 atom stereocenters. The molecule has 1 aliphatic rings. The van der Waals surface area contributed by atoms with Crippen LogP contribution in [0.15, 0.2) is 41.5 Å². The van der Waals surface area contributed by atoms with Gasteiger partial charge in [0.25, 0.3) is 10.0 Å². The van der Waals surface area contributed by atoms with Crippen molar-refractivity contribution >= 4 is 32.3 Å². The van der Waals surface area contributed by atoms with Crippen molar-refractivity contribution in [3.63, 3.8) is 0 Å². The number of aromatic nitrogens is 5. The second-order valence-electron chi connectivity index (χ2n) is 6.35. The minimum Gasteiger partial charge on any atom is -0.339 e. The number of rotatable bonds is 5. The van der Waals surface area contributed by atoms with E-state index < -0.39 is 10.0 Å². The third-order valence-corrected chi connectivity index (χ3v) is 6.95. The molecule has 0 bridgehead atoms. The van der Waals surface area contributed by atoms with Crippen LogP contribution in [0.1, 0.15) is 24.5 Å². The maximum atomic E-state index is 12.7. The molecule has 0 spiro atoms. The van der Waals surface area contributed by atoms with Gasteiger partial charge < -0.3 is 9.88 Å². The van der Waals surface area contributed by atoms with Crippen LogP contribution in [-0.2, 0) is 17.1 Å². The van der Waals surface area contributed by atoms with E-state index in [2.05, 4.69) is 25.3 Å². The van der Waals surface area contributed by atoms with Crippen LogP contribution in [0.2, 0.25) is 0 Å². The van der Waals surface area contributed by atoms with Crippen LogP contribution in [0.25, 0.3) is 0 Å². The molecule has 1 fully saturated rings. The van der Waals surface area contributed by atoms with Crippen LogP contribution in [0.4, 0.5) is 10.9 Å². The molecule has 4 rings (SSSR count). The molecular formula is C16H19N7O2S2. The van der Waals surface area contributed by atoms with E-state index in [1.165, 1.54) is 28.2 Å². The number of thiazole rings is 1. The lowest BCUT2D eigenvalue weighted by molar-refractivity contribution is 0.315. The minimum absolute atomic E-state index is 0.0953. The topological polar surface area (TPSA) is 106 Å². The average molecular weight is 406 g/mol. The fourth-order valence-electron chi connectivity index (χ4n) is 3.08. The van der Waals surface area contributed by atoms with E-state index in [-0.39, 0.29) is 10.9 Å². The van der Waals surface area contributed by atoms with Crippen molar-refractivity contribution in [1.29, 1.82) is 0 Å². The van der Waals surface area contributed by atoms with E-state index in [0.29, 0.717) is 31.7 Å². The fraction of sp³-hybridized carbons (Fsp3) is 0.375. The van der Waals surface area contributed by atoms with Gasteiger partial charge in [0, 0.05) is 50.0 Å². The summed E-state index contributed by atoms with van der Waals surface area (Å²) in [5.74, 6) is 0.816. The Morgan fingerprint density at radius 3 is 2.70 bits per heavy atom. The minimum atomic E-state index is -3.54. The van der Waals surface area contributed by atoms with Gasteiger partial charge in [-0.15, -0.1) is 11.3 Å². The van der Waals surface area contributed by atoms with Crippen molar-refractivity contribution in [2.24, 2.45) is 7.05 Å². The highest BCUT2D eigenvalue weighted by molar-refractivity contribution is 7.89. The number of aryl methyl sites for hydroxylation is 1. The number of nitrogens with zero attached hydrogens (tertiary/aromatic N) is 6. The van der Waals surface area contributed by atoms with Crippen LogP contribution >= 0.6 is 11.3 Å². The summed E-state index contributed by atoms with van der Waals surface area (Å²) in [7, 11) is -1.79. The van der Waals surface area contributed by atoms with E-state index in [1.807, 2.05) is 5.38 Å². The van der Waals surface area contributed by atoms with Gasteiger partial charge in [0.15, 0.2) is 16.0 Å². The number of hydrogen-bond acceptors (Lipinski definition) is 8. The first-order valence-corrected chi connectivity index (χ1v) is 10.8. The van der Waals surface area contributed by atoms with Crippen LogP contribution in [0.3, 0.4) is 0 Å². The van der Waals surface area contributed by atoms with Gasteiger partial charge in [0.05, 0.1) is 18.2 Å². The van der Waals surface area contributed by atoms with Crippen molar-refractivity contribution in [3.8, 4) is 0 Å². The Morgan fingerprint density at radius 2 is 2.04 bits per heavy atom. The van der Waals surface area contributed by atoms with Crippen molar-refractivity contribution in [2.75, 3.05) is 18.4 Å². The summed E-state index contributed by atoms with van der Waals surface area (Å²) in [6.45, 7) is 0.880. The Hall–Kier alpha value is -2.37. The Bertz CT molecular complexity index is 1010. The Labute approximate surface area is 161 Å². The summed E-state index contributed by atoms with van der Waals surface area (Å²) in [5.41, 5.74) is 0.867. The molecule has 11 heteroatoms. The molecule has 0 saturated carbocycles. The summed E-state index contributed by atoms with van der Waals surface area (Å²) in [6, 6.07) is 0. The van der Waals surface area contributed by atoms with Crippen LogP contribution in [-0.4, -0.2) is 50.3 Å². The predicted octanol–water partition coefficient (Wildman–Crippen LogP) is 1.98. The summed E-state index contributed by atoms with van der Waals surface area (Å²) in [4.78, 5) is 17.1. The van der Waals surface area contributed by atoms with Crippen molar-refractivity contribution < 1.29 is 8.42 Å². The van der Waals surface area contributed by atoms with E-state index in [0.717, 1.165) is 10.8 Å². The Kier molecular flexibility index (Phi) is 4.89. The highest BCUT2D eigenvalue weighted by Gasteiger charge is 2.32. The maximum absolute atomic E-state index is 12.7. The van der Waals surface area contributed by atoms with Gasteiger partial charge in [0.1, 0.15) is 0 Å². The van der Waals surface area contributed by atoms with Gasteiger partial charge in [-0.05, 0) is 12.8 Å². The summed E-state index contributed by atoms with van der Waals surface area (Å²) in [5, 5.41) is 5.88. The zero-order valence-electron chi connectivity index (χ0n) is 14.7. The largest absolute Gasteiger partial charge is 0.339 e. The van der Waals surface area contributed by atoms with Crippen LogP contribution in [0.5, 0.6) is 0 Å². The molecule has 1 saturated heterocycles. The van der Waals surface area contributed by atoms with Gasteiger partial charge in [-0.25, -0.2) is 23.4 Å². The second-order valence-corrected chi connectivity index (χ2v) is 9.13. The Balaban J connectivity index is 1.43. The van der Waals surface area contributed by atoms with E-state index >= 15 is 0 Å². The first-order chi connectivity index (χ1) is 13.0. The molecular weight excluding hydrogens is 386 g/mol. The smallest absolute Gasteiger partial charge is 0.262 e. The lowest BCUT2D eigenvalue weighted by atomic mass is 9.95. The molecule has 3 aromatic heterocycles. The molecule has 142 valence electrons. The number of hydrogen-bond donors (Lipinski definition) is 1. The lowest BCUT2D eigenvalue weighted by Gasteiger charge is -2.30. The molecule has 0 radical (unpaired) electrons. The molecule has 0 aliphatic carbocycles. The highest BCUT2D eigenvalue weighted by Crippen LogP contribution is 2.30. The molecule has 9 nitrogen and oxygen atoms in total. The molecule has 1 N–H and O–H groups in total. The lowest BCUT2D eigenvalue weighted by Crippen LogP contribution is -2.38. The van der Waals surface area contributed by atoms with Crippen LogP contribution in [0, 0.1) is 0 Å². The van der Waals surface area contributed by atoms with Gasteiger partial charge in [-0.1, -0.05) is 0 Å². The second kappa shape index (κ2) is 7.33. The number of sulfonamides is 1. The SMILES string of the molecule is Cn1cnc(S(=O)(=O)N2CCC(c3cncc(Nc4nccs4)n3)CC2)c1. The predicted molar refractivity (Wildman–Crippen MR) is 101 cm³/mol. The van der Waals surface area contributed by atoms with E-state index in [1.54, 1.807) is 30.2 Å². The molecule has 0 unspecified atom stereocenters. The summed E-state index contributed by atoms with van der Waals surface area (Å²) in [6.07, 6.45) is 9.55. The highest BCUT2D eigenvalue weighted by atomic mass is 32.2. The van der Waals surface area contributed by atoms with Gasteiger partial charge >= 0.3 is 0 Å². The van der Waals surface area contributed by atoms with Gasteiger partial charge in [0.2, 0.25) is 0 Å². The van der Waals surface area contributed by atoms with Gasteiger partial charge in [-0.3, -0.25) is 4.98 Å². The monoisotopic (exact) mass is 405 g/mol. The number of piperidine rings is 1. The zero-order valence-corrected chi connectivity index (χ0v) is 16.3. The first kappa shape index (κ1) is 18.0. The average Bonchev–Trinajstić information content (AvgIpc) is 3.34. The Morgan fingerprint density at radius 1 is 1.22 bits per heavy atom. The summed E-state index contributed by atoms with van der Waals surface area (Å²) < 4.78 is 28.5. The molecule has 1 aliphatic heterocycles. The van der Waals surface area contributed by atoms with E-state index in [9.17, 15) is 8.42 Å². The quantitative estimate of drug-likeness (QED) is 0.692. The van der Waals surface area contributed by atoms with Crippen molar-refractivity contribution in [2.45, 2.75) is 23.8 Å².